The number of benzene rings is 1. The summed E-state index contributed by atoms with van der Waals surface area (Å²) < 4.78 is 20.8. The average Bonchev–Trinajstić information content (AvgIpc) is 3.11. The number of rotatable bonds is 8. The zero-order chi connectivity index (χ0) is 20.8. The van der Waals surface area contributed by atoms with E-state index < -0.39 is 0 Å². The number of aromatic nitrogens is 3. The van der Waals surface area contributed by atoms with Gasteiger partial charge < -0.3 is 14.6 Å². The zero-order valence-electron chi connectivity index (χ0n) is 16.0. The van der Waals surface area contributed by atoms with Crippen LogP contribution in [0, 0.1) is 5.82 Å². The van der Waals surface area contributed by atoms with Crippen molar-refractivity contribution in [1.82, 2.24) is 14.5 Å². The average molecular weight is 435 g/mol. The van der Waals surface area contributed by atoms with E-state index in [1.807, 2.05) is 12.3 Å². The molecule has 2 aromatic heterocycles. The number of nitrogens with one attached hydrogen (secondary N) is 1. The fourth-order valence-electron chi connectivity index (χ4n) is 2.90. The lowest BCUT2D eigenvalue weighted by molar-refractivity contribution is -0.113. The number of thioether (sulfide) groups is 1. The van der Waals surface area contributed by atoms with Gasteiger partial charge in [0, 0.05) is 31.0 Å². The van der Waals surface area contributed by atoms with Crippen LogP contribution in [0.3, 0.4) is 0 Å². The van der Waals surface area contributed by atoms with E-state index in [1.54, 1.807) is 31.5 Å². The summed E-state index contributed by atoms with van der Waals surface area (Å²) in [5.41, 5.74) is 3.15. The zero-order valence-corrected chi connectivity index (χ0v) is 17.6. The highest BCUT2D eigenvalue weighted by molar-refractivity contribution is 7.98. The third-order valence-electron chi connectivity index (χ3n) is 4.17. The molecule has 0 atom stereocenters. The number of hydrogen-bond acceptors (Lipinski definition) is 5. The second kappa shape index (κ2) is 9.87. The SMILES string of the molecule is COCCn1c(SC)nc(-c2ccc(F)cc2)c1-c1ccnc(NC(=O)CCl)c1. The molecule has 0 aliphatic heterocycles. The second-order valence-corrected chi connectivity index (χ2v) is 7.10. The molecule has 0 bridgehead atoms. The summed E-state index contributed by atoms with van der Waals surface area (Å²) in [6, 6.07) is 9.82. The van der Waals surface area contributed by atoms with Gasteiger partial charge in [0.1, 0.15) is 17.5 Å². The first-order valence-corrected chi connectivity index (χ1v) is 10.5. The van der Waals surface area contributed by atoms with Gasteiger partial charge in [-0.15, -0.1) is 11.6 Å². The summed E-state index contributed by atoms with van der Waals surface area (Å²) in [6.45, 7) is 1.09. The van der Waals surface area contributed by atoms with Gasteiger partial charge in [-0.3, -0.25) is 4.79 Å². The number of carbonyl (C=O) groups is 1. The van der Waals surface area contributed by atoms with Crippen LogP contribution < -0.4 is 5.32 Å². The highest BCUT2D eigenvalue weighted by Gasteiger charge is 2.20. The Balaban J connectivity index is 2.16. The van der Waals surface area contributed by atoms with Gasteiger partial charge in [0.25, 0.3) is 0 Å². The topological polar surface area (TPSA) is 69.0 Å². The van der Waals surface area contributed by atoms with Crippen molar-refractivity contribution in [3.63, 3.8) is 0 Å². The van der Waals surface area contributed by atoms with Crippen molar-refractivity contribution in [1.29, 1.82) is 0 Å². The van der Waals surface area contributed by atoms with Gasteiger partial charge in [0.2, 0.25) is 5.91 Å². The molecule has 2 heterocycles. The van der Waals surface area contributed by atoms with Gasteiger partial charge in [0.05, 0.1) is 18.0 Å². The summed E-state index contributed by atoms with van der Waals surface area (Å²) >= 11 is 7.09. The van der Waals surface area contributed by atoms with Gasteiger partial charge >= 0.3 is 0 Å². The molecule has 6 nitrogen and oxygen atoms in total. The van der Waals surface area contributed by atoms with E-state index in [2.05, 4.69) is 14.9 Å². The first-order chi connectivity index (χ1) is 14.1. The van der Waals surface area contributed by atoms with Gasteiger partial charge in [-0.2, -0.15) is 0 Å². The number of alkyl halides is 1. The van der Waals surface area contributed by atoms with E-state index in [1.165, 1.54) is 23.9 Å². The van der Waals surface area contributed by atoms with Crippen LogP contribution in [0.1, 0.15) is 0 Å². The number of pyridine rings is 1. The highest BCUT2D eigenvalue weighted by atomic mass is 35.5. The molecule has 9 heteroatoms. The van der Waals surface area contributed by atoms with Crippen molar-refractivity contribution >= 4 is 35.1 Å². The molecule has 0 aliphatic carbocycles. The fraction of sp³-hybridized carbons (Fsp3) is 0.250. The van der Waals surface area contributed by atoms with Crippen LogP contribution in [-0.2, 0) is 16.1 Å². The Morgan fingerprint density at radius 3 is 2.69 bits per heavy atom. The molecule has 1 N–H and O–H groups in total. The molecule has 0 fully saturated rings. The van der Waals surface area contributed by atoms with Gasteiger partial charge in [-0.05, 0) is 42.7 Å². The van der Waals surface area contributed by atoms with E-state index >= 15 is 0 Å². The Morgan fingerprint density at radius 1 is 1.28 bits per heavy atom. The lowest BCUT2D eigenvalue weighted by atomic mass is 10.1. The Kier molecular flexibility index (Phi) is 7.24. The van der Waals surface area contributed by atoms with Crippen LogP contribution in [0.25, 0.3) is 22.5 Å². The van der Waals surface area contributed by atoms with E-state index in [9.17, 15) is 9.18 Å². The van der Waals surface area contributed by atoms with Gasteiger partial charge in [0.15, 0.2) is 5.16 Å². The predicted molar refractivity (Wildman–Crippen MR) is 114 cm³/mol. The minimum Gasteiger partial charge on any atom is -0.383 e. The Labute approximate surface area is 177 Å². The smallest absolute Gasteiger partial charge is 0.240 e. The number of ether oxygens (including phenoxy) is 1. The monoisotopic (exact) mass is 434 g/mol. The van der Waals surface area contributed by atoms with Crippen molar-refractivity contribution in [3.05, 3.63) is 48.4 Å². The molecule has 29 heavy (non-hydrogen) atoms. The number of methoxy groups -OCH3 is 1. The van der Waals surface area contributed by atoms with Gasteiger partial charge in [-0.25, -0.2) is 14.4 Å². The van der Waals surface area contributed by atoms with Crippen LogP contribution in [0.15, 0.2) is 47.8 Å². The lowest BCUT2D eigenvalue weighted by Crippen LogP contribution is -2.13. The maximum atomic E-state index is 13.4. The van der Waals surface area contributed by atoms with Crippen LogP contribution in [0.2, 0.25) is 0 Å². The molecule has 0 saturated carbocycles. The first-order valence-electron chi connectivity index (χ1n) is 8.79. The van der Waals surface area contributed by atoms with E-state index in [4.69, 9.17) is 21.3 Å². The molecule has 0 radical (unpaired) electrons. The standard InChI is InChI=1S/C20H20ClFN4O2S/c1-28-10-9-26-19(14-7-8-23-16(11-14)24-17(27)12-21)18(25-20(26)29-2)13-3-5-15(22)6-4-13/h3-8,11H,9-10,12H2,1-2H3,(H,23,24,27). The molecule has 1 aromatic carbocycles. The lowest BCUT2D eigenvalue weighted by Gasteiger charge is -2.13. The third kappa shape index (κ3) is 4.95. The predicted octanol–water partition coefficient (Wildman–Crippen LogP) is 4.30. The molecule has 3 aromatic rings. The van der Waals surface area contributed by atoms with Crippen LogP contribution >= 0.6 is 23.4 Å². The first kappa shape index (κ1) is 21.3. The number of imidazole rings is 1. The summed E-state index contributed by atoms with van der Waals surface area (Å²) in [6.07, 6.45) is 3.56. The maximum Gasteiger partial charge on any atom is 0.240 e. The molecule has 0 saturated heterocycles. The molecule has 0 spiro atoms. The quantitative estimate of drug-likeness (QED) is 0.423. The van der Waals surface area contributed by atoms with Crippen molar-refractivity contribution in [3.8, 4) is 22.5 Å². The number of amides is 1. The van der Waals surface area contributed by atoms with Crippen LogP contribution in [0.4, 0.5) is 10.2 Å². The molecular weight excluding hydrogens is 415 g/mol. The van der Waals surface area contributed by atoms with Crippen LogP contribution in [0.5, 0.6) is 0 Å². The Bertz CT molecular complexity index is 995. The Hall–Kier alpha value is -2.42. The number of nitrogens with zero attached hydrogens (tertiary/aromatic N) is 3. The third-order valence-corrected chi connectivity index (χ3v) is 5.09. The van der Waals surface area contributed by atoms with E-state index in [0.717, 1.165) is 22.0 Å². The van der Waals surface area contributed by atoms with Crippen molar-refractivity contribution in [2.24, 2.45) is 0 Å². The molecule has 0 aliphatic rings. The Morgan fingerprint density at radius 2 is 2.03 bits per heavy atom. The van der Waals surface area contributed by atoms with Crippen molar-refractivity contribution in [2.75, 3.05) is 31.2 Å². The van der Waals surface area contributed by atoms with E-state index in [0.29, 0.717) is 24.7 Å². The molecule has 1 amide bonds. The van der Waals surface area contributed by atoms with Crippen LogP contribution in [-0.4, -0.2) is 46.3 Å². The summed E-state index contributed by atoms with van der Waals surface area (Å²) in [4.78, 5) is 20.6. The summed E-state index contributed by atoms with van der Waals surface area (Å²) in [5, 5.41) is 3.47. The number of hydrogen-bond donors (Lipinski definition) is 1. The van der Waals surface area contributed by atoms with Crippen molar-refractivity contribution < 1.29 is 13.9 Å². The minimum atomic E-state index is -0.340. The molecule has 152 valence electrons. The minimum absolute atomic E-state index is 0.158. The fourth-order valence-corrected chi connectivity index (χ4v) is 3.55. The molecule has 0 unspecified atom stereocenters. The van der Waals surface area contributed by atoms with E-state index in [-0.39, 0.29) is 17.6 Å². The number of carbonyl (C=O) groups excluding carboxylic acids is 1. The molecule has 3 rings (SSSR count). The maximum absolute atomic E-state index is 13.4. The van der Waals surface area contributed by atoms with Crippen molar-refractivity contribution in [2.45, 2.75) is 11.7 Å². The summed E-state index contributed by atoms with van der Waals surface area (Å²) in [5.74, 6) is -0.417. The second-order valence-electron chi connectivity index (χ2n) is 6.06. The summed E-state index contributed by atoms with van der Waals surface area (Å²) in [7, 11) is 1.64. The normalized spacial score (nSPS) is 10.9. The van der Waals surface area contributed by atoms with Gasteiger partial charge in [-0.1, -0.05) is 11.8 Å². The number of anilines is 1. The largest absolute Gasteiger partial charge is 0.383 e. The number of halogens is 2. The highest BCUT2D eigenvalue weighted by Crippen LogP contribution is 2.36. The molecular formula is C20H20ClFN4O2S.